The molecule has 1 amide bonds. The number of carbonyl (C=O) groups excluding carboxylic acids is 1. The van der Waals surface area contributed by atoms with Crippen molar-refractivity contribution in [3.05, 3.63) is 59.1 Å². The van der Waals surface area contributed by atoms with Crippen LogP contribution >= 0.6 is 0 Å². The van der Waals surface area contributed by atoms with Crippen LogP contribution in [-0.4, -0.2) is 29.9 Å². The molecule has 0 radical (unpaired) electrons. The summed E-state index contributed by atoms with van der Waals surface area (Å²) < 4.78 is 41.4. The van der Waals surface area contributed by atoms with Gasteiger partial charge in [0.2, 0.25) is 0 Å². The number of amides is 1. The highest BCUT2D eigenvalue weighted by atomic mass is 19.3. The number of aryl methyl sites for hydroxylation is 1. The zero-order valence-corrected chi connectivity index (χ0v) is 15.9. The first-order chi connectivity index (χ1) is 13.9. The first kappa shape index (κ1) is 19.3. The van der Waals surface area contributed by atoms with Crippen LogP contribution in [0.25, 0.3) is 11.0 Å². The lowest BCUT2D eigenvalue weighted by atomic mass is 9.83. The van der Waals surface area contributed by atoms with Crippen molar-refractivity contribution in [3.8, 4) is 5.75 Å². The summed E-state index contributed by atoms with van der Waals surface area (Å²) in [4.78, 5) is 16.1. The van der Waals surface area contributed by atoms with E-state index in [1.54, 1.807) is 37.5 Å². The second kappa shape index (κ2) is 7.44. The van der Waals surface area contributed by atoms with Crippen LogP contribution in [0.5, 0.6) is 5.75 Å². The minimum absolute atomic E-state index is 0.121. The number of halogens is 2. The Bertz CT molecular complexity index is 1050. The van der Waals surface area contributed by atoms with Crippen molar-refractivity contribution in [2.75, 3.05) is 13.1 Å². The van der Waals surface area contributed by atoms with Crippen LogP contribution in [0.15, 0.2) is 41.1 Å². The number of carbonyl (C=O) groups is 1. The van der Waals surface area contributed by atoms with Gasteiger partial charge in [0.1, 0.15) is 23.7 Å². The molecule has 3 N–H and O–H groups in total. The maximum atomic E-state index is 14.9. The van der Waals surface area contributed by atoms with Crippen molar-refractivity contribution < 1.29 is 22.7 Å². The first-order valence-electron chi connectivity index (χ1n) is 9.34. The van der Waals surface area contributed by atoms with Gasteiger partial charge in [-0.1, -0.05) is 6.07 Å². The summed E-state index contributed by atoms with van der Waals surface area (Å²) in [6.45, 7) is 1.74. The summed E-state index contributed by atoms with van der Waals surface area (Å²) in [5.74, 6) is -4.28. The SMILES string of the molecule is Cc1oc2ccc(OCc3cccnc3)c(C3CCNCC3(F)F)c2c1C(N)=O. The number of aromatic nitrogens is 1. The molecule has 0 bridgehead atoms. The number of hydrogen-bond donors (Lipinski definition) is 2. The molecule has 0 saturated carbocycles. The van der Waals surface area contributed by atoms with Crippen molar-refractivity contribution in [2.45, 2.75) is 31.8 Å². The van der Waals surface area contributed by atoms with Crippen molar-refractivity contribution in [2.24, 2.45) is 5.73 Å². The van der Waals surface area contributed by atoms with E-state index in [-0.39, 0.29) is 29.9 Å². The fourth-order valence-electron chi connectivity index (χ4n) is 3.92. The lowest BCUT2D eigenvalue weighted by Gasteiger charge is -2.33. The van der Waals surface area contributed by atoms with Crippen LogP contribution in [0.1, 0.15) is 39.6 Å². The number of hydrogen-bond acceptors (Lipinski definition) is 5. The van der Waals surface area contributed by atoms with Gasteiger partial charge in [-0.3, -0.25) is 9.78 Å². The van der Waals surface area contributed by atoms with E-state index in [0.717, 1.165) is 5.56 Å². The molecule has 4 rings (SSSR count). The Labute approximate surface area is 166 Å². The third kappa shape index (κ3) is 3.55. The Morgan fingerprint density at radius 1 is 1.41 bits per heavy atom. The second-order valence-electron chi connectivity index (χ2n) is 7.18. The highest BCUT2D eigenvalue weighted by Gasteiger charge is 2.45. The van der Waals surface area contributed by atoms with E-state index >= 15 is 0 Å². The first-order valence-corrected chi connectivity index (χ1v) is 9.34. The smallest absolute Gasteiger partial charge is 0.267 e. The molecule has 29 heavy (non-hydrogen) atoms. The average Bonchev–Trinajstić information content (AvgIpc) is 3.03. The van der Waals surface area contributed by atoms with Gasteiger partial charge in [0.15, 0.2) is 0 Å². The number of benzene rings is 1. The average molecular weight is 401 g/mol. The topological polar surface area (TPSA) is 90.4 Å². The lowest BCUT2D eigenvalue weighted by molar-refractivity contribution is -0.0423. The second-order valence-corrected chi connectivity index (χ2v) is 7.18. The van der Waals surface area contributed by atoms with E-state index in [1.165, 1.54) is 0 Å². The number of ether oxygens (including phenoxy) is 1. The van der Waals surface area contributed by atoms with Crippen LogP contribution in [0, 0.1) is 6.92 Å². The fraction of sp³-hybridized carbons (Fsp3) is 0.333. The van der Waals surface area contributed by atoms with Gasteiger partial charge in [-0.15, -0.1) is 0 Å². The zero-order chi connectivity index (χ0) is 20.6. The van der Waals surface area contributed by atoms with Crippen LogP contribution < -0.4 is 15.8 Å². The van der Waals surface area contributed by atoms with Gasteiger partial charge < -0.3 is 20.2 Å². The van der Waals surface area contributed by atoms with Gasteiger partial charge in [0.05, 0.1) is 18.0 Å². The summed E-state index contributed by atoms with van der Waals surface area (Å²) in [5.41, 5.74) is 7.09. The van der Waals surface area contributed by atoms with Crippen molar-refractivity contribution >= 4 is 16.9 Å². The highest BCUT2D eigenvalue weighted by Crippen LogP contribution is 2.47. The Kier molecular flexibility index (Phi) is 4.96. The van der Waals surface area contributed by atoms with Gasteiger partial charge in [0.25, 0.3) is 11.8 Å². The summed E-state index contributed by atoms with van der Waals surface area (Å²) in [6, 6.07) is 6.84. The Morgan fingerprint density at radius 3 is 2.93 bits per heavy atom. The molecular formula is C21H21F2N3O3. The largest absolute Gasteiger partial charge is 0.489 e. The van der Waals surface area contributed by atoms with E-state index in [1.807, 2.05) is 6.07 Å². The molecule has 1 fully saturated rings. The van der Waals surface area contributed by atoms with Crippen molar-refractivity contribution in [3.63, 3.8) is 0 Å². The van der Waals surface area contributed by atoms with Gasteiger partial charge in [0, 0.05) is 28.9 Å². The third-order valence-electron chi connectivity index (χ3n) is 5.22. The number of alkyl halides is 2. The molecule has 1 aromatic carbocycles. The normalized spacial score (nSPS) is 18.7. The standard InChI is InChI=1S/C21H21F2N3O3/c1-12-17(20(24)27)19-16(29-12)5-4-15(28-10-13-3-2-7-25-9-13)18(19)14-6-8-26-11-21(14,22)23/h2-5,7,9,14,26H,6,8,10-11H2,1H3,(H2,24,27). The highest BCUT2D eigenvalue weighted by molar-refractivity contribution is 6.08. The molecule has 2 aromatic heterocycles. The number of primary amides is 1. The Morgan fingerprint density at radius 2 is 2.24 bits per heavy atom. The summed E-state index contributed by atoms with van der Waals surface area (Å²) >= 11 is 0. The number of nitrogens with zero attached hydrogens (tertiary/aromatic N) is 1. The molecule has 3 aromatic rings. The monoisotopic (exact) mass is 401 g/mol. The maximum Gasteiger partial charge on any atom is 0.267 e. The quantitative estimate of drug-likeness (QED) is 0.683. The number of rotatable bonds is 5. The van der Waals surface area contributed by atoms with E-state index in [2.05, 4.69) is 10.3 Å². The molecule has 1 unspecified atom stereocenters. The van der Waals surface area contributed by atoms with Crippen molar-refractivity contribution in [1.29, 1.82) is 0 Å². The van der Waals surface area contributed by atoms with Gasteiger partial charge >= 0.3 is 0 Å². The molecule has 152 valence electrons. The summed E-state index contributed by atoms with van der Waals surface area (Å²) in [5, 5.41) is 3.04. The molecule has 6 nitrogen and oxygen atoms in total. The van der Waals surface area contributed by atoms with E-state index < -0.39 is 24.3 Å². The van der Waals surface area contributed by atoms with Gasteiger partial charge in [-0.2, -0.15) is 0 Å². The molecule has 0 spiro atoms. The maximum absolute atomic E-state index is 14.9. The van der Waals surface area contributed by atoms with E-state index in [0.29, 0.717) is 23.3 Å². The van der Waals surface area contributed by atoms with E-state index in [9.17, 15) is 13.6 Å². The number of fused-ring (bicyclic) bond motifs is 1. The fourth-order valence-corrected chi connectivity index (χ4v) is 3.92. The Balaban J connectivity index is 1.88. The van der Waals surface area contributed by atoms with Crippen molar-refractivity contribution in [1.82, 2.24) is 10.3 Å². The molecule has 1 aliphatic heterocycles. The summed E-state index contributed by atoms with van der Waals surface area (Å²) in [7, 11) is 0. The van der Waals surface area contributed by atoms with Crippen LogP contribution in [0.2, 0.25) is 0 Å². The molecular weight excluding hydrogens is 380 g/mol. The van der Waals surface area contributed by atoms with Crippen LogP contribution in [-0.2, 0) is 6.61 Å². The number of nitrogens with one attached hydrogen (secondary N) is 1. The van der Waals surface area contributed by atoms with Crippen LogP contribution in [0.4, 0.5) is 8.78 Å². The van der Waals surface area contributed by atoms with Crippen LogP contribution in [0.3, 0.4) is 0 Å². The number of pyridine rings is 1. The van der Waals surface area contributed by atoms with Gasteiger partial charge in [-0.25, -0.2) is 8.78 Å². The Hall–Kier alpha value is -3.00. The molecule has 1 aliphatic rings. The predicted octanol–water partition coefficient (Wildman–Crippen LogP) is 3.53. The van der Waals surface area contributed by atoms with Gasteiger partial charge in [-0.05, 0) is 38.1 Å². The molecule has 8 heteroatoms. The molecule has 1 atom stereocenters. The third-order valence-corrected chi connectivity index (χ3v) is 5.22. The number of nitrogens with two attached hydrogens (primary N) is 1. The lowest BCUT2D eigenvalue weighted by Crippen LogP contribution is -2.44. The molecule has 1 saturated heterocycles. The van der Waals surface area contributed by atoms with E-state index in [4.69, 9.17) is 14.9 Å². The zero-order valence-electron chi connectivity index (χ0n) is 15.9. The minimum Gasteiger partial charge on any atom is -0.489 e. The molecule has 3 heterocycles. The minimum atomic E-state index is -3.01. The number of furan rings is 1. The number of piperidine rings is 1. The summed E-state index contributed by atoms with van der Waals surface area (Å²) in [6.07, 6.45) is 3.48. The molecule has 0 aliphatic carbocycles. The predicted molar refractivity (Wildman–Crippen MR) is 103 cm³/mol.